The van der Waals surface area contributed by atoms with Crippen molar-refractivity contribution in [2.45, 2.75) is 12.8 Å². The van der Waals surface area contributed by atoms with Crippen molar-refractivity contribution in [2.24, 2.45) is 0 Å². The van der Waals surface area contributed by atoms with Gasteiger partial charge < -0.3 is 5.43 Å². The fraction of sp³-hybridized carbons (Fsp3) is 0.105. The van der Waals surface area contributed by atoms with E-state index in [1.54, 1.807) is 36.4 Å². The highest BCUT2D eigenvalue weighted by Crippen LogP contribution is 2.28. The van der Waals surface area contributed by atoms with Gasteiger partial charge in [-0.3, -0.25) is 5.43 Å². The number of benzene rings is 2. The third-order valence-corrected chi connectivity index (χ3v) is 4.03. The van der Waals surface area contributed by atoms with E-state index in [1.165, 1.54) is 12.1 Å². The second-order valence-corrected chi connectivity index (χ2v) is 6.29. The monoisotopic (exact) mass is 372 g/mol. The molecule has 1 heterocycles. The number of nitrogens with zero attached hydrogens (tertiary/aromatic N) is 1. The molecule has 0 aliphatic carbocycles. The first-order valence-corrected chi connectivity index (χ1v) is 8.13. The van der Waals surface area contributed by atoms with E-state index in [9.17, 15) is 8.78 Å². The molecule has 2 aromatic carbocycles. The summed E-state index contributed by atoms with van der Waals surface area (Å²) in [5, 5.41) is 9.62. The summed E-state index contributed by atoms with van der Waals surface area (Å²) in [5.41, 5.74) is 11.3. The van der Waals surface area contributed by atoms with Crippen LogP contribution in [0.5, 0.6) is 0 Å². The molecule has 7 heteroatoms. The van der Waals surface area contributed by atoms with Crippen molar-refractivity contribution in [3.8, 4) is 6.07 Å². The van der Waals surface area contributed by atoms with Crippen molar-refractivity contribution in [1.82, 2.24) is 16.4 Å². The van der Waals surface area contributed by atoms with Crippen molar-refractivity contribution in [3.63, 3.8) is 0 Å². The zero-order valence-corrected chi connectivity index (χ0v) is 14.5. The Morgan fingerprint density at radius 1 is 1.08 bits per heavy atom. The molecule has 26 heavy (non-hydrogen) atoms. The van der Waals surface area contributed by atoms with E-state index in [-0.39, 0.29) is 5.56 Å². The van der Waals surface area contributed by atoms with E-state index >= 15 is 0 Å². The molecule has 0 fully saturated rings. The minimum atomic E-state index is -2.89. The van der Waals surface area contributed by atoms with E-state index < -0.39 is 5.92 Å². The number of halogens is 3. The maximum Gasteiger partial charge on any atom is 0.270 e. The van der Waals surface area contributed by atoms with Crippen LogP contribution in [0.4, 0.5) is 8.78 Å². The van der Waals surface area contributed by atoms with Crippen LogP contribution < -0.4 is 16.4 Å². The number of hydrogen-bond acceptors (Lipinski definition) is 4. The molecule has 4 nitrogen and oxygen atoms in total. The van der Waals surface area contributed by atoms with Gasteiger partial charge in [-0.25, -0.2) is 8.78 Å². The molecule has 0 aromatic heterocycles. The Bertz CT molecular complexity index is 939. The van der Waals surface area contributed by atoms with Gasteiger partial charge in [-0.15, -0.1) is 5.53 Å². The van der Waals surface area contributed by atoms with Gasteiger partial charge in [0.2, 0.25) is 0 Å². The van der Waals surface area contributed by atoms with Crippen molar-refractivity contribution >= 4 is 29.5 Å². The van der Waals surface area contributed by atoms with Crippen LogP contribution in [0.3, 0.4) is 0 Å². The molecular weight excluding hydrogens is 358 g/mol. The Balaban J connectivity index is 1.92. The molecule has 0 bridgehead atoms. The van der Waals surface area contributed by atoms with Crippen LogP contribution in [0.2, 0.25) is 5.02 Å². The van der Waals surface area contributed by atoms with Crippen LogP contribution in [0.25, 0.3) is 17.8 Å². The van der Waals surface area contributed by atoms with Crippen molar-refractivity contribution in [2.75, 3.05) is 0 Å². The van der Waals surface area contributed by atoms with Crippen LogP contribution in [-0.4, -0.2) is 0 Å². The summed E-state index contributed by atoms with van der Waals surface area (Å²) < 4.78 is 26.9. The first-order valence-electron chi connectivity index (χ1n) is 7.75. The Kier molecular flexibility index (Phi) is 4.94. The van der Waals surface area contributed by atoms with Crippen LogP contribution in [-0.2, 0) is 5.92 Å². The van der Waals surface area contributed by atoms with E-state index in [0.717, 1.165) is 18.1 Å². The molecule has 132 valence electrons. The summed E-state index contributed by atoms with van der Waals surface area (Å²) in [5.74, 6) is -2.89. The highest BCUT2D eigenvalue weighted by Gasteiger charge is 2.23. The fourth-order valence-corrected chi connectivity index (χ4v) is 2.79. The molecule has 1 aliphatic heterocycles. The van der Waals surface area contributed by atoms with E-state index in [4.69, 9.17) is 16.9 Å². The van der Waals surface area contributed by atoms with Gasteiger partial charge in [0.1, 0.15) is 6.07 Å². The average Bonchev–Trinajstić information content (AvgIpc) is 3.08. The summed E-state index contributed by atoms with van der Waals surface area (Å²) in [6, 6.07) is 13.6. The lowest BCUT2D eigenvalue weighted by Gasteiger charge is -2.10. The quantitative estimate of drug-likeness (QED) is 0.695. The topological polar surface area (TPSA) is 59.9 Å². The molecule has 0 saturated carbocycles. The van der Waals surface area contributed by atoms with Crippen LogP contribution >= 0.6 is 11.6 Å². The molecule has 0 saturated heterocycles. The van der Waals surface area contributed by atoms with Gasteiger partial charge in [0.25, 0.3) is 5.92 Å². The predicted molar refractivity (Wildman–Crippen MR) is 98.3 cm³/mol. The first-order chi connectivity index (χ1) is 12.4. The zero-order valence-electron chi connectivity index (χ0n) is 13.8. The summed E-state index contributed by atoms with van der Waals surface area (Å²) in [6.45, 7) is 0.871. The Labute approximate surface area is 154 Å². The first kappa shape index (κ1) is 17.9. The Hall–Kier alpha value is -2.88. The highest BCUT2D eigenvalue weighted by molar-refractivity contribution is 6.31. The number of rotatable bonds is 4. The minimum absolute atomic E-state index is 0.0393. The smallest absolute Gasteiger partial charge is 0.270 e. The van der Waals surface area contributed by atoms with E-state index in [1.807, 2.05) is 12.1 Å². The summed E-state index contributed by atoms with van der Waals surface area (Å²) in [4.78, 5) is 0. The van der Waals surface area contributed by atoms with Crippen LogP contribution in [0.1, 0.15) is 29.2 Å². The summed E-state index contributed by atoms with van der Waals surface area (Å²) in [7, 11) is 0. The molecule has 0 amide bonds. The van der Waals surface area contributed by atoms with Crippen LogP contribution in [0, 0.1) is 11.3 Å². The number of nitrogens with one attached hydrogen (secondary N) is 3. The Morgan fingerprint density at radius 2 is 1.85 bits per heavy atom. The number of hydrazine groups is 2. The molecule has 0 unspecified atom stereocenters. The van der Waals surface area contributed by atoms with Gasteiger partial charge in [0.15, 0.2) is 5.70 Å². The number of alkyl halides is 2. The van der Waals surface area contributed by atoms with Gasteiger partial charge >= 0.3 is 0 Å². The van der Waals surface area contributed by atoms with Gasteiger partial charge in [0.05, 0.1) is 5.70 Å². The second kappa shape index (κ2) is 7.16. The predicted octanol–water partition coefficient (Wildman–Crippen LogP) is 4.43. The lowest BCUT2D eigenvalue weighted by molar-refractivity contribution is 0.0174. The maximum atomic E-state index is 13.5. The third kappa shape index (κ3) is 4.02. The lowest BCUT2D eigenvalue weighted by Crippen LogP contribution is -2.32. The zero-order chi connectivity index (χ0) is 18.7. The standard InChI is InChI=1S/C19H15ClF2N4/c1-19(21,22)15-4-2-3-12(8-15)5-6-13-7-14(10-16(20)9-13)18-17(11-23)24-26-25-18/h2-10,24-26H,1H3/b6-5+. The summed E-state index contributed by atoms with van der Waals surface area (Å²) >= 11 is 6.18. The van der Waals surface area contributed by atoms with E-state index in [2.05, 4.69) is 16.4 Å². The largest absolute Gasteiger partial charge is 0.301 e. The lowest BCUT2D eigenvalue weighted by atomic mass is 10.0. The number of nitriles is 1. The fourth-order valence-electron chi connectivity index (χ4n) is 2.54. The van der Waals surface area contributed by atoms with Crippen LogP contribution in [0.15, 0.2) is 48.2 Å². The van der Waals surface area contributed by atoms with Gasteiger partial charge in [-0.1, -0.05) is 42.0 Å². The molecular formula is C19H15ClF2N4. The molecule has 0 atom stereocenters. The molecule has 3 N–H and O–H groups in total. The van der Waals surface area contributed by atoms with Crippen molar-refractivity contribution < 1.29 is 8.78 Å². The average molecular weight is 373 g/mol. The molecule has 1 aliphatic rings. The summed E-state index contributed by atoms with van der Waals surface area (Å²) in [6.07, 6.45) is 3.52. The molecule has 3 rings (SSSR count). The highest BCUT2D eigenvalue weighted by atomic mass is 35.5. The van der Waals surface area contributed by atoms with E-state index in [0.29, 0.717) is 22.0 Å². The van der Waals surface area contributed by atoms with Gasteiger partial charge in [-0.2, -0.15) is 5.26 Å². The van der Waals surface area contributed by atoms with Gasteiger partial charge in [0, 0.05) is 23.1 Å². The Morgan fingerprint density at radius 3 is 2.58 bits per heavy atom. The SMILES string of the molecule is CC(F)(F)c1cccc(/C=C/c2cc(Cl)cc(C3=C(C#N)NNN3)c2)c1. The van der Waals surface area contributed by atoms with Gasteiger partial charge in [-0.05, 0) is 35.4 Å². The normalized spacial score (nSPS) is 14.3. The van der Waals surface area contributed by atoms with Crippen molar-refractivity contribution in [3.05, 3.63) is 75.4 Å². The minimum Gasteiger partial charge on any atom is -0.301 e. The molecule has 0 spiro atoms. The number of hydrogen-bond donors (Lipinski definition) is 3. The third-order valence-electron chi connectivity index (χ3n) is 3.81. The maximum absolute atomic E-state index is 13.5. The molecule has 0 radical (unpaired) electrons. The second-order valence-electron chi connectivity index (χ2n) is 5.86. The number of allylic oxidation sites excluding steroid dienone is 1. The van der Waals surface area contributed by atoms with Crippen molar-refractivity contribution in [1.29, 1.82) is 5.26 Å². The molecule has 2 aromatic rings.